The van der Waals surface area contributed by atoms with Gasteiger partial charge in [0.25, 0.3) is 0 Å². The number of carbonyl (C=O) groups is 6. The van der Waals surface area contributed by atoms with E-state index < -0.39 is 12.2 Å². The maximum Gasteiger partial charge on any atom is 0.306 e. The molecule has 0 amide bonds. The van der Waals surface area contributed by atoms with E-state index in [9.17, 15) is 28.8 Å². The van der Waals surface area contributed by atoms with Crippen molar-refractivity contribution in [1.82, 2.24) is 0 Å². The smallest absolute Gasteiger partial charge is 0.306 e. The molecular weight excluding hydrogens is 1410 g/mol. The molecule has 0 radical (unpaired) electrons. The third-order valence-corrected chi connectivity index (χ3v) is 24.2. The number of hydrogen-bond acceptors (Lipinski definition) is 14. The SMILES string of the molecule is CCCCCCCCCCCCCC(=O)OCC(COC(=O)CCCCCCCCCCCCCCCCSCCCCCCCCCCSCCCCCCC(=O)OCC(COC(=O)CCCCCCCCCCCCC)OC(=O)CCCCCCCCCCCCC)OC(=O)CCCCCCCCCCCCC. The van der Waals surface area contributed by atoms with Gasteiger partial charge >= 0.3 is 35.8 Å². The first kappa shape index (κ1) is 108. The number of carbonyl (C=O) groups excluding carboxylic acids is 6. The Balaban J connectivity index is 4.00. The zero-order valence-electron chi connectivity index (χ0n) is 73.3. The highest BCUT2D eigenvalue weighted by Crippen LogP contribution is 2.22. The second-order valence-electron chi connectivity index (χ2n) is 33.0. The first-order valence-electron chi connectivity index (χ1n) is 48.3. The predicted molar refractivity (Wildman–Crippen MR) is 472 cm³/mol. The Morgan fingerprint density at radius 2 is 0.300 bits per heavy atom. The molecule has 0 aromatic carbocycles. The highest BCUT2D eigenvalue weighted by molar-refractivity contribution is 7.99. The molecule has 0 N–H and O–H groups in total. The summed E-state index contributed by atoms with van der Waals surface area (Å²) in [4.78, 5) is 76.6. The Hall–Kier alpha value is -2.48. The van der Waals surface area contributed by atoms with Crippen LogP contribution in [0, 0.1) is 0 Å². The molecule has 0 saturated carbocycles. The van der Waals surface area contributed by atoms with Crippen LogP contribution in [0.1, 0.15) is 516 Å². The Bertz CT molecular complexity index is 1800. The number of ether oxygens (including phenoxy) is 6. The van der Waals surface area contributed by atoms with Crippen LogP contribution in [0.3, 0.4) is 0 Å². The van der Waals surface area contributed by atoms with Crippen molar-refractivity contribution in [3.05, 3.63) is 0 Å². The van der Waals surface area contributed by atoms with Gasteiger partial charge in [-0.05, 0) is 87.2 Å². The van der Waals surface area contributed by atoms with Crippen LogP contribution < -0.4 is 0 Å². The Morgan fingerprint density at radius 1 is 0.173 bits per heavy atom. The fraction of sp³-hybridized carbons (Fsp3) is 0.938. The molecule has 0 saturated heterocycles. The summed E-state index contributed by atoms with van der Waals surface area (Å²) in [5.74, 6) is 3.33. The normalized spacial score (nSPS) is 12.0. The van der Waals surface area contributed by atoms with E-state index >= 15 is 0 Å². The van der Waals surface area contributed by atoms with Crippen molar-refractivity contribution in [3.63, 3.8) is 0 Å². The fourth-order valence-electron chi connectivity index (χ4n) is 14.6. The van der Waals surface area contributed by atoms with Crippen molar-refractivity contribution < 1.29 is 57.2 Å². The van der Waals surface area contributed by atoms with Crippen molar-refractivity contribution in [2.45, 2.75) is 528 Å². The van der Waals surface area contributed by atoms with Gasteiger partial charge in [-0.3, -0.25) is 28.8 Å². The topological polar surface area (TPSA) is 158 Å². The molecule has 0 fully saturated rings. The monoisotopic (exact) mass is 1590 g/mol. The van der Waals surface area contributed by atoms with Gasteiger partial charge in [0.15, 0.2) is 12.2 Å². The van der Waals surface area contributed by atoms with Gasteiger partial charge in [-0.15, -0.1) is 0 Å². The Kier molecular flexibility index (Phi) is 90.0. The first-order valence-corrected chi connectivity index (χ1v) is 50.6. The van der Waals surface area contributed by atoms with Crippen LogP contribution in [-0.2, 0) is 57.2 Å². The van der Waals surface area contributed by atoms with Crippen LogP contribution in [0.4, 0.5) is 0 Å². The van der Waals surface area contributed by atoms with Gasteiger partial charge in [-0.2, -0.15) is 23.5 Å². The van der Waals surface area contributed by atoms with Crippen molar-refractivity contribution >= 4 is 59.3 Å². The van der Waals surface area contributed by atoms with Crippen LogP contribution >= 0.6 is 23.5 Å². The number of thioether (sulfide) groups is 2. The average Bonchev–Trinajstić information content (AvgIpc) is 0.988. The van der Waals surface area contributed by atoms with Crippen molar-refractivity contribution in [3.8, 4) is 0 Å². The Morgan fingerprint density at radius 3 is 0.455 bits per heavy atom. The largest absolute Gasteiger partial charge is 0.462 e. The third kappa shape index (κ3) is 87.9. The molecule has 0 bridgehead atoms. The van der Waals surface area contributed by atoms with E-state index in [1.54, 1.807) is 0 Å². The highest BCUT2D eigenvalue weighted by Gasteiger charge is 2.22. The zero-order valence-corrected chi connectivity index (χ0v) is 74.9. The maximum atomic E-state index is 12.9. The number of rotatable bonds is 93. The summed E-state index contributed by atoms with van der Waals surface area (Å²) >= 11 is 4.24. The first-order chi connectivity index (χ1) is 54.1. The number of unbranched alkanes of at least 4 members (excludes halogenated alkanes) is 63. The van der Waals surface area contributed by atoms with Gasteiger partial charge in [0, 0.05) is 38.5 Å². The maximum absolute atomic E-state index is 12.9. The minimum Gasteiger partial charge on any atom is -0.462 e. The summed E-state index contributed by atoms with van der Waals surface area (Å²) in [5, 5.41) is 0. The summed E-state index contributed by atoms with van der Waals surface area (Å²) in [7, 11) is 0. The highest BCUT2D eigenvalue weighted by atomic mass is 32.2. The lowest BCUT2D eigenvalue weighted by Gasteiger charge is -2.18. The molecule has 0 aromatic rings. The van der Waals surface area contributed by atoms with Crippen molar-refractivity contribution in [1.29, 1.82) is 0 Å². The second-order valence-corrected chi connectivity index (χ2v) is 35.5. The molecule has 2 unspecified atom stereocenters. The lowest BCUT2D eigenvalue weighted by atomic mass is 10.0. The Labute approximate surface area is 689 Å². The van der Waals surface area contributed by atoms with Crippen LogP contribution in [0.5, 0.6) is 0 Å². The quantitative estimate of drug-likeness (QED) is 0.0322. The van der Waals surface area contributed by atoms with Gasteiger partial charge in [-0.1, -0.05) is 413 Å². The summed E-state index contributed by atoms with van der Waals surface area (Å²) < 4.78 is 33.9. The lowest BCUT2D eigenvalue weighted by molar-refractivity contribution is -0.167. The molecule has 650 valence electrons. The number of esters is 6. The van der Waals surface area contributed by atoms with Crippen LogP contribution in [0.2, 0.25) is 0 Å². The molecular formula is C96H182O12S2. The van der Waals surface area contributed by atoms with Crippen molar-refractivity contribution in [2.24, 2.45) is 0 Å². The molecule has 14 heteroatoms. The fourth-order valence-corrected chi connectivity index (χ4v) is 16.6. The molecule has 0 aliphatic rings. The standard InChI is InChI=1S/C96H182O12S2/c1-5-9-13-17-21-25-33-39-47-55-65-75-91(97)103-85-89(107-95(101)79-69-58-50-42-35-27-23-19-15-11-7-3)86-104-93(99)77-67-57-49-41-37-31-29-30-32-38-44-52-61-71-81-109-82-72-62-53-45-46-54-63-73-83-110-84-74-64-60-68-78-94(100)106-88-90(108-96(102)80-70-59-51-43-36-28-24-20-16-12-8-4)87-105-92(98)76-66-56-48-40-34-26-22-18-14-10-6-2/h89-90H,5-88H2,1-4H3. The summed E-state index contributed by atoms with van der Waals surface area (Å²) in [5.41, 5.74) is 0. The van der Waals surface area contributed by atoms with Crippen LogP contribution in [0.25, 0.3) is 0 Å². The third-order valence-electron chi connectivity index (χ3n) is 21.9. The molecule has 2 atom stereocenters. The molecule has 0 aliphatic carbocycles. The molecule has 0 spiro atoms. The van der Waals surface area contributed by atoms with Crippen LogP contribution in [0.15, 0.2) is 0 Å². The van der Waals surface area contributed by atoms with Gasteiger partial charge < -0.3 is 28.4 Å². The molecule has 0 aliphatic heterocycles. The van der Waals surface area contributed by atoms with Crippen LogP contribution in [-0.4, -0.2) is 97.5 Å². The van der Waals surface area contributed by atoms with Gasteiger partial charge in [-0.25, -0.2) is 0 Å². The minimum absolute atomic E-state index is 0.0744. The van der Waals surface area contributed by atoms with E-state index in [-0.39, 0.29) is 62.2 Å². The molecule has 0 heterocycles. The van der Waals surface area contributed by atoms with E-state index in [2.05, 4.69) is 51.2 Å². The van der Waals surface area contributed by atoms with E-state index in [0.717, 1.165) is 116 Å². The average molecular weight is 1590 g/mol. The number of hydrogen-bond donors (Lipinski definition) is 0. The summed E-state index contributed by atoms with van der Waals surface area (Å²) in [6.07, 6.45) is 86.6. The van der Waals surface area contributed by atoms with Gasteiger partial charge in [0.1, 0.15) is 26.4 Å². The van der Waals surface area contributed by atoms with E-state index in [4.69, 9.17) is 28.4 Å². The zero-order chi connectivity index (χ0) is 79.7. The molecule has 110 heavy (non-hydrogen) atoms. The molecule has 12 nitrogen and oxygen atoms in total. The van der Waals surface area contributed by atoms with Gasteiger partial charge in [0.05, 0.1) is 0 Å². The molecule has 0 aromatic heterocycles. The molecule has 0 rings (SSSR count). The summed E-state index contributed by atoms with van der Waals surface area (Å²) in [6.45, 7) is 8.72. The summed E-state index contributed by atoms with van der Waals surface area (Å²) in [6, 6.07) is 0. The minimum atomic E-state index is -0.779. The second kappa shape index (κ2) is 92.0. The van der Waals surface area contributed by atoms with Gasteiger partial charge in [0.2, 0.25) is 0 Å². The van der Waals surface area contributed by atoms with E-state index in [1.165, 1.54) is 357 Å². The lowest BCUT2D eigenvalue weighted by Crippen LogP contribution is -2.30. The van der Waals surface area contributed by atoms with E-state index in [0.29, 0.717) is 38.5 Å². The predicted octanol–water partition coefficient (Wildman–Crippen LogP) is 30.2. The van der Waals surface area contributed by atoms with Crippen molar-refractivity contribution in [2.75, 3.05) is 49.4 Å². The van der Waals surface area contributed by atoms with E-state index in [1.807, 2.05) is 0 Å².